The fourth-order valence-electron chi connectivity index (χ4n) is 1.74. The number of carbonyl (C=O) groups excluding carboxylic acids is 1. The van der Waals surface area contributed by atoms with Gasteiger partial charge in [0.2, 0.25) is 0 Å². The lowest BCUT2D eigenvalue weighted by Gasteiger charge is -2.15. The van der Waals surface area contributed by atoms with Gasteiger partial charge in [-0.2, -0.15) is 0 Å². The molecule has 0 aliphatic rings. The normalized spacial score (nSPS) is 10.8. The molecule has 0 fully saturated rings. The second-order valence-corrected chi connectivity index (χ2v) is 3.93. The minimum atomic E-state index is -0.0350. The predicted octanol–water partition coefficient (Wildman–Crippen LogP) is 2.01. The fraction of sp³-hybridized carbons (Fsp3) is 0.583. The molecule has 1 aromatic heterocycles. The molecule has 1 amide bonds. The molecule has 0 saturated carbocycles. The summed E-state index contributed by atoms with van der Waals surface area (Å²) >= 11 is 0. The molecular weight excluding hydrogens is 202 g/mol. The lowest BCUT2D eigenvalue weighted by molar-refractivity contribution is 0.0925. The molecule has 0 unspecified atom stereocenters. The van der Waals surface area contributed by atoms with E-state index >= 15 is 0 Å². The van der Waals surface area contributed by atoms with Gasteiger partial charge in [0.15, 0.2) is 0 Å². The molecule has 3 N–H and O–H groups in total. The molecule has 16 heavy (non-hydrogen) atoms. The quantitative estimate of drug-likeness (QED) is 0.802. The minimum Gasteiger partial charge on any atom is -0.397 e. The summed E-state index contributed by atoms with van der Waals surface area (Å²) in [5.41, 5.74) is 6.97. The van der Waals surface area contributed by atoms with E-state index in [1.54, 1.807) is 12.3 Å². The van der Waals surface area contributed by atoms with Gasteiger partial charge in [0.25, 0.3) is 5.91 Å². The maximum absolute atomic E-state index is 12.0. The summed E-state index contributed by atoms with van der Waals surface area (Å²) in [4.78, 5) is 12.0. The summed E-state index contributed by atoms with van der Waals surface area (Å²) in [6.45, 7) is 6.89. The van der Waals surface area contributed by atoms with Crippen LogP contribution in [0.2, 0.25) is 0 Å². The molecule has 0 bridgehead atoms. The number of nitrogen functional groups attached to an aromatic ring is 1. The molecule has 4 heteroatoms. The number of anilines is 1. The van der Waals surface area contributed by atoms with Crippen molar-refractivity contribution in [2.45, 2.75) is 46.2 Å². The number of nitrogens with one attached hydrogen (secondary N) is 1. The number of hydrogen-bond acceptors (Lipinski definition) is 2. The second kappa shape index (κ2) is 5.58. The van der Waals surface area contributed by atoms with Crippen molar-refractivity contribution in [3.63, 3.8) is 0 Å². The van der Waals surface area contributed by atoms with Crippen molar-refractivity contribution in [2.24, 2.45) is 0 Å². The van der Waals surface area contributed by atoms with Gasteiger partial charge in [-0.05, 0) is 25.8 Å². The average molecular weight is 223 g/mol. The van der Waals surface area contributed by atoms with Crippen molar-refractivity contribution in [1.82, 2.24) is 9.88 Å². The highest BCUT2D eigenvalue weighted by Gasteiger charge is 2.14. The van der Waals surface area contributed by atoms with Crippen molar-refractivity contribution in [3.8, 4) is 0 Å². The summed E-state index contributed by atoms with van der Waals surface area (Å²) in [5, 5.41) is 3.01. The summed E-state index contributed by atoms with van der Waals surface area (Å²) < 4.78 is 1.87. The third kappa shape index (κ3) is 2.78. The van der Waals surface area contributed by atoms with E-state index in [4.69, 9.17) is 5.73 Å². The summed E-state index contributed by atoms with van der Waals surface area (Å²) in [7, 11) is 0. The Morgan fingerprint density at radius 3 is 2.56 bits per heavy atom. The Kier molecular flexibility index (Phi) is 4.40. The van der Waals surface area contributed by atoms with Gasteiger partial charge in [-0.3, -0.25) is 4.79 Å². The van der Waals surface area contributed by atoms with E-state index in [0.717, 1.165) is 19.4 Å². The summed E-state index contributed by atoms with van der Waals surface area (Å²) in [5.74, 6) is -0.0350. The van der Waals surface area contributed by atoms with Gasteiger partial charge in [-0.15, -0.1) is 0 Å². The number of amides is 1. The molecule has 0 radical (unpaired) electrons. The Balaban J connectivity index is 2.79. The van der Waals surface area contributed by atoms with E-state index in [1.807, 2.05) is 11.5 Å². The van der Waals surface area contributed by atoms with Crippen LogP contribution >= 0.6 is 0 Å². The first-order chi connectivity index (χ1) is 7.62. The maximum atomic E-state index is 12.0. The van der Waals surface area contributed by atoms with Crippen LogP contribution < -0.4 is 11.1 Å². The minimum absolute atomic E-state index is 0.0350. The molecule has 1 aromatic rings. The zero-order valence-electron chi connectivity index (χ0n) is 10.3. The Hall–Kier alpha value is -1.45. The molecule has 0 aliphatic carbocycles. The zero-order valence-corrected chi connectivity index (χ0v) is 10.3. The Labute approximate surface area is 96.8 Å². The highest BCUT2D eigenvalue weighted by Crippen LogP contribution is 2.11. The predicted molar refractivity (Wildman–Crippen MR) is 66.4 cm³/mol. The van der Waals surface area contributed by atoms with E-state index in [9.17, 15) is 4.79 Å². The van der Waals surface area contributed by atoms with Crippen molar-refractivity contribution in [3.05, 3.63) is 18.0 Å². The molecule has 90 valence electrons. The average Bonchev–Trinajstić information content (AvgIpc) is 2.67. The van der Waals surface area contributed by atoms with Crippen molar-refractivity contribution >= 4 is 11.6 Å². The van der Waals surface area contributed by atoms with Crippen molar-refractivity contribution in [2.75, 3.05) is 5.73 Å². The van der Waals surface area contributed by atoms with Crippen molar-refractivity contribution < 1.29 is 4.79 Å². The van der Waals surface area contributed by atoms with Crippen LogP contribution in [0, 0.1) is 0 Å². The molecule has 1 heterocycles. The number of aryl methyl sites for hydroxylation is 1. The molecule has 4 nitrogen and oxygen atoms in total. The van der Waals surface area contributed by atoms with Crippen LogP contribution in [0.1, 0.15) is 44.1 Å². The first-order valence-corrected chi connectivity index (χ1v) is 5.88. The molecule has 0 aromatic carbocycles. The molecule has 0 atom stereocenters. The topological polar surface area (TPSA) is 60.1 Å². The zero-order chi connectivity index (χ0) is 12.1. The highest BCUT2D eigenvalue weighted by molar-refractivity contribution is 5.94. The standard InChI is InChI=1S/C12H21N3O/c1-4-10(5-2)14-12(16)11-7-9(13)8-15(11)6-3/h7-8,10H,4-6,13H2,1-3H3,(H,14,16). The fourth-order valence-corrected chi connectivity index (χ4v) is 1.74. The molecule has 0 aliphatic heterocycles. The van der Waals surface area contributed by atoms with Crippen LogP contribution in [0.5, 0.6) is 0 Å². The Morgan fingerprint density at radius 1 is 1.44 bits per heavy atom. The SMILES string of the molecule is CCC(CC)NC(=O)c1cc(N)cn1CC. The van der Waals surface area contributed by atoms with Gasteiger partial charge in [-0.1, -0.05) is 13.8 Å². The summed E-state index contributed by atoms with van der Waals surface area (Å²) in [6.07, 6.45) is 3.69. The van der Waals surface area contributed by atoms with Crippen LogP contribution in [0.4, 0.5) is 5.69 Å². The van der Waals surface area contributed by atoms with Gasteiger partial charge in [-0.25, -0.2) is 0 Å². The van der Waals surface area contributed by atoms with Crippen LogP contribution in [0.15, 0.2) is 12.3 Å². The monoisotopic (exact) mass is 223 g/mol. The smallest absolute Gasteiger partial charge is 0.268 e. The number of hydrogen-bond donors (Lipinski definition) is 2. The number of rotatable bonds is 5. The molecule has 0 saturated heterocycles. The Bertz CT molecular complexity index is 353. The Morgan fingerprint density at radius 2 is 2.06 bits per heavy atom. The first-order valence-electron chi connectivity index (χ1n) is 5.88. The van der Waals surface area contributed by atoms with Crippen LogP contribution in [-0.4, -0.2) is 16.5 Å². The van der Waals surface area contributed by atoms with Gasteiger partial charge in [0, 0.05) is 18.8 Å². The van der Waals surface area contributed by atoms with E-state index < -0.39 is 0 Å². The number of nitrogens with two attached hydrogens (primary N) is 1. The van der Waals surface area contributed by atoms with E-state index in [2.05, 4.69) is 19.2 Å². The summed E-state index contributed by atoms with van der Waals surface area (Å²) in [6, 6.07) is 1.97. The first kappa shape index (κ1) is 12.6. The largest absolute Gasteiger partial charge is 0.397 e. The number of nitrogens with zero attached hydrogens (tertiary/aromatic N) is 1. The van der Waals surface area contributed by atoms with Gasteiger partial charge in [0.05, 0.1) is 5.69 Å². The van der Waals surface area contributed by atoms with E-state index in [0.29, 0.717) is 11.4 Å². The lowest BCUT2D eigenvalue weighted by Crippen LogP contribution is -2.34. The van der Waals surface area contributed by atoms with Gasteiger partial charge >= 0.3 is 0 Å². The second-order valence-electron chi connectivity index (χ2n) is 3.93. The third-order valence-electron chi connectivity index (χ3n) is 2.81. The van der Waals surface area contributed by atoms with Crippen molar-refractivity contribution in [1.29, 1.82) is 0 Å². The lowest BCUT2D eigenvalue weighted by atomic mass is 10.1. The number of aromatic nitrogens is 1. The number of carbonyl (C=O) groups is 1. The van der Waals surface area contributed by atoms with E-state index in [-0.39, 0.29) is 11.9 Å². The molecule has 0 spiro atoms. The van der Waals surface area contributed by atoms with Crippen LogP contribution in [0.3, 0.4) is 0 Å². The molecule has 1 rings (SSSR count). The van der Waals surface area contributed by atoms with Gasteiger partial charge in [0.1, 0.15) is 5.69 Å². The van der Waals surface area contributed by atoms with Gasteiger partial charge < -0.3 is 15.6 Å². The molecular formula is C12H21N3O. The van der Waals surface area contributed by atoms with Crippen LogP contribution in [-0.2, 0) is 6.54 Å². The third-order valence-corrected chi connectivity index (χ3v) is 2.81. The van der Waals surface area contributed by atoms with Crippen LogP contribution in [0.25, 0.3) is 0 Å². The highest BCUT2D eigenvalue weighted by atomic mass is 16.2. The maximum Gasteiger partial charge on any atom is 0.268 e. The van der Waals surface area contributed by atoms with E-state index in [1.165, 1.54) is 0 Å².